The van der Waals surface area contributed by atoms with Gasteiger partial charge in [0.2, 0.25) is 0 Å². The van der Waals surface area contributed by atoms with Crippen LogP contribution in [0.25, 0.3) is 6.08 Å². The van der Waals surface area contributed by atoms with E-state index >= 15 is 0 Å². The van der Waals surface area contributed by atoms with Gasteiger partial charge in [-0.15, -0.1) is 0 Å². The average Bonchev–Trinajstić information content (AvgIpc) is 2.45. The number of alkyl carbamates (subject to hydrolysis) is 1. The van der Waals surface area contributed by atoms with Gasteiger partial charge in [-0.2, -0.15) is 0 Å². The quantitative estimate of drug-likeness (QED) is 0.651. The molecule has 0 saturated carbocycles. The summed E-state index contributed by atoms with van der Waals surface area (Å²) in [6.07, 6.45) is 0.749. The Labute approximate surface area is 136 Å². The normalized spacial score (nSPS) is 11.8. The second-order valence-corrected chi connectivity index (χ2v) is 5.27. The molecule has 1 aromatic rings. The van der Waals surface area contributed by atoms with Crippen molar-refractivity contribution < 1.29 is 23.9 Å². The first kappa shape index (κ1) is 17.9. The summed E-state index contributed by atoms with van der Waals surface area (Å²) >= 11 is 3.39. The summed E-state index contributed by atoms with van der Waals surface area (Å²) in [4.78, 5) is 34.0. The highest BCUT2D eigenvalue weighted by molar-refractivity contribution is 9.10. The molecule has 0 saturated heterocycles. The molecule has 6 nitrogen and oxygen atoms in total. The largest absolute Gasteiger partial charge is 0.453 e. The second kappa shape index (κ2) is 8.33. The Balaban J connectivity index is 2.60. The number of hydrogen-bond acceptors (Lipinski definition) is 5. The van der Waals surface area contributed by atoms with Crippen molar-refractivity contribution in [3.63, 3.8) is 0 Å². The molecule has 0 bridgehead atoms. The van der Waals surface area contributed by atoms with Gasteiger partial charge in [0.05, 0.1) is 7.11 Å². The number of amides is 2. The van der Waals surface area contributed by atoms with Gasteiger partial charge in [-0.25, -0.2) is 9.59 Å². The Bertz CT molecular complexity index is 612. The molecule has 2 amide bonds. The Morgan fingerprint density at radius 3 is 2.59 bits per heavy atom. The van der Waals surface area contributed by atoms with Crippen molar-refractivity contribution in [2.75, 3.05) is 7.11 Å². The van der Waals surface area contributed by atoms with E-state index in [1.807, 2.05) is 30.4 Å². The highest BCUT2D eigenvalue weighted by atomic mass is 79.9. The highest BCUT2D eigenvalue weighted by Gasteiger charge is 2.19. The number of imide groups is 1. The van der Waals surface area contributed by atoms with E-state index in [9.17, 15) is 14.4 Å². The first-order valence-corrected chi connectivity index (χ1v) is 7.16. The molecule has 0 spiro atoms. The summed E-state index contributed by atoms with van der Waals surface area (Å²) in [7, 11) is 1.13. The van der Waals surface area contributed by atoms with Gasteiger partial charge in [0, 0.05) is 10.5 Å². The van der Waals surface area contributed by atoms with Crippen LogP contribution in [0.5, 0.6) is 0 Å². The summed E-state index contributed by atoms with van der Waals surface area (Å²) in [5.74, 6) is -1.45. The maximum Gasteiger partial charge on any atom is 0.413 e. The molecule has 1 aromatic carbocycles. The SMILES string of the molecule is COC(=O)NC(=O)[C@@H](C)OC(=O)/C=C/c1ccc(C)cc1Br. The number of methoxy groups -OCH3 is 1. The summed E-state index contributed by atoms with van der Waals surface area (Å²) in [5.41, 5.74) is 1.88. The molecule has 0 fully saturated rings. The van der Waals surface area contributed by atoms with E-state index in [0.717, 1.165) is 22.7 Å². The Kier molecular flexibility index (Phi) is 6.78. The summed E-state index contributed by atoms with van der Waals surface area (Å²) < 4.78 is 10.00. The van der Waals surface area contributed by atoms with E-state index in [4.69, 9.17) is 4.74 Å². The van der Waals surface area contributed by atoms with Crippen molar-refractivity contribution in [3.8, 4) is 0 Å². The minimum atomic E-state index is -1.11. The van der Waals surface area contributed by atoms with Crippen molar-refractivity contribution in [2.45, 2.75) is 20.0 Å². The van der Waals surface area contributed by atoms with E-state index < -0.39 is 24.1 Å². The number of halogens is 1. The van der Waals surface area contributed by atoms with E-state index in [1.54, 1.807) is 6.08 Å². The zero-order chi connectivity index (χ0) is 16.7. The average molecular weight is 370 g/mol. The second-order valence-electron chi connectivity index (χ2n) is 4.42. The molecule has 1 N–H and O–H groups in total. The number of hydrogen-bond donors (Lipinski definition) is 1. The third kappa shape index (κ3) is 5.69. The number of esters is 1. The van der Waals surface area contributed by atoms with Crippen molar-refractivity contribution in [1.29, 1.82) is 0 Å². The fraction of sp³-hybridized carbons (Fsp3) is 0.267. The van der Waals surface area contributed by atoms with E-state index in [2.05, 4.69) is 20.7 Å². The van der Waals surface area contributed by atoms with E-state index in [-0.39, 0.29) is 0 Å². The first-order valence-electron chi connectivity index (χ1n) is 6.37. The van der Waals surface area contributed by atoms with Crippen LogP contribution in [0.1, 0.15) is 18.1 Å². The number of aryl methyl sites for hydroxylation is 1. The van der Waals surface area contributed by atoms with Gasteiger partial charge in [0.15, 0.2) is 6.10 Å². The molecule has 0 unspecified atom stereocenters. The third-order valence-electron chi connectivity index (χ3n) is 2.63. The van der Waals surface area contributed by atoms with Crippen LogP contribution >= 0.6 is 15.9 Å². The summed E-state index contributed by atoms with van der Waals surface area (Å²) in [6, 6.07) is 5.66. The highest BCUT2D eigenvalue weighted by Crippen LogP contribution is 2.19. The minimum absolute atomic E-state index is 0.694. The summed E-state index contributed by atoms with van der Waals surface area (Å²) in [5, 5.41) is 1.91. The van der Waals surface area contributed by atoms with Crippen molar-refractivity contribution in [1.82, 2.24) is 5.32 Å². The number of carbonyl (C=O) groups excluding carboxylic acids is 3. The molecular weight excluding hydrogens is 354 g/mol. The Hall–Kier alpha value is -2.15. The lowest BCUT2D eigenvalue weighted by Gasteiger charge is -2.10. The molecule has 0 aliphatic rings. The minimum Gasteiger partial charge on any atom is -0.453 e. The van der Waals surface area contributed by atoms with Gasteiger partial charge in [0.25, 0.3) is 5.91 Å². The lowest BCUT2D eigenvalue weighted by Crippen LogP contribution is -2.39. The fourth-order valence-corrected chi connectivity index (χ4v) is 2.07. The third-order valence-corrected chi connectivity index (χ3v) is 3.31. The molecule has 0 heterocycles. The molecule has 0 aliphatic heterocycles. The van der Waals surface area contributed by atoms with E-state index in [1.165, 1.54) is 13.0 Å². The van der Waals surface area contributed by atoms with Crippen LogP contribution in [-0.2, 0) is 19.1 Å². The number of nitrogens with one attached hydrogen (secondary N) is 1. The zero-order valence-corrected chi connectivity index (χ0v) is 14.0. The lowest BCUT2D eigenvalue weighted by molar-refractivity contribution is -0.149. The van der Waals surface area contributed by atoms with Gasteiger partial charge in [-0.05, 0) is 37.1 Å². The first-order chi connectivity index (χ1) is 10.3. The Morgan fingerprint density at radius 2 is 2.00 bits per heavy atom. The standard InChI is InChI=1S/C15H16BrNO5/c1-9-4-5-11(12(16)8-9)6-7-13(18)22-10(2)14(19)17-15(20)21-3/h4-8,10H,1-3H3,(H,17,19,20)/b7-6+/t10-/m1/s1. The number of benzene rings is 1. The van der Waals surface area contributed by atoms with Crippen molar-refractivity contribution in [2.24, 2.45) is 0 Å². The molecule has 1 rings (SSSR count). The predicted molar refractivity (Wildman–Crippen MR) is 84.0 cm³/mol. The van der Waals surface area contributed by atoms with Crippen LogP contribution in [0, 0.1) is 6.92 Å². The molecule has 118 valence electrons. The number of carbonyl (C=O) groups is 3. The van der Waals surface area contributed by atoms with Crippen LogP contribution in [0.2, 0.25) is 0 Å². The van der Waals surface area contributed by atoms with Gasteiger partial charge >= 0.3 is 12.1 Å². The van der Waals surface area contributed by atoms with Gasteiger partial charge in [0.1, 0.15) is 0 Å². The van der Waals surface area contributed by atoms with Crippen LogP contribution < -0.4 is 5.32 Å². The molecule has 0 aromatic heterocycles. The molecular formula is C15H16BrNO5. The van der Waals surface area contributed by atoms with Gasteiger partial charge in [-0.3, -0.25) is 10.1 Å². The van der Waals surface area contributed by atoms with Crippen molar-refractivity contribution in [3.05, 3.63) is 39.9 Å². The molecule has 0 aliphatic carbocycles. The molecule has 1 atom stereocenters. The number of ether oxygens (including phenoxy) is 2. The molecule has 22 heavy (non-hydrogen) atoms. The topological polar surface area (TPSA) is 81.7 Å². The predicted octanol–water partition coefficient (Wildman–Crippen LogP) is 2.59. The van der Waals surface area contributed by atoms with Crippen LogP contribution in [0.4, 0.5) is 4.79 Å². The molecule has 0 radical (unpaired) electrons. The van der Waals surface area contributed by atoms with E-state index in [0.29, 0.717) is 0 Å². The van der Waals surface area contributed by atoms with Crippen LogP contribution in [0.15, 0.2) is 28.7 Å². The molecule has 7 heteroatoms. The monoisotopic (exact) mass is 369 g/mol. The van der Waals surface area contributed by atoms with Gasteiger partial charge in [-0.1, -0.05) is 28.1 Å². The van der Waals surface area contributed by atoms with Crippen molar-refractivity contribution >= 4 is 40.0 Å². The maximum absolute atomic E-state index is 11.6. The van der Waals surface area contributed by atoms with Gasteiger partial charge < -0.3 is 9.47 Å². The number of rotatable bonds is 4. The van der Waals surface area contributed by atoms with Crippen LogP contribution in [0.3, 0.4) is 0 Å². The fourth-order valence-electron chi connectivity index (χ4n) is 1.45. The zero-order valence-electron chi connectivity index (χ0n) is 12.4. The van der Waals surface area contributed by atoms with Crippen LogP contribution in [-0.4, -0.2) is 31.2 Å². The lowest BCUT2D eigenvalue weighted by atomic mass is 10.1. The maximum atomic E-state index is 11.6. The smallest absolute Gasteiger partial charge is 0.413 e. The summed E-state index contributed by atoms with van der Waals surface area (Å²) in [6.45, 7) is 3.31. The Morgan fingerprint density at radius 1 is 1.32 bits per heavy atom.